The SMILES string of the molecule is Cc1cc(N)ccc1-c1ccc(N)cc1C(F)(F)F.[2H]C.[3H]F. The number of hydrogen-bond donors (Lipinski definition) is 2. The normalized spacial score (nSPS) is 11.1. The molecule has 2 nitrogen and oxygen atoms in total. The van der Waals surface area contributed by atoms with Crippen molar-refractivity contribution in [3.05, 3.63) is 47.5 Å². The molecule has 6 heteroatoms. The second-order valence-electron chi connectivity index (χ2n) is 4.38. The zero-order valence-corrected chi connectivity index (χ0v) is 11.6. The summed E-state index contributed by atoms with van der Waals surface area (Å²) in [6.45, 7) is 1.72. The first-order valence-corrected chi connectivity index (χ1v) is 5.62. The molecular weight excluding hydrogens is 284 g/mol. The summed E-state index contributed by atoms with van der Waals surface area (Å²) in [5.74, 6) is 0. The van der Waals surface area contributed by atoms with E-state index in [1.54, 1.807) is 25.1 Å². The number of alkyl halides is 3. The standard InChI is InChI=1S/C14H13F3N2.CH4.FH/c1-8-6-9(18)2-4-11(8)12-5-3-10(19)7-13(12)14(15,16)17;;/h2-7H,18-19H2,1H3;1H4;1H/i;1D;/hT. The third-order valence-corrected chi connectivity index (χ3v) is 2.89. The van der Waals surface area contributed by atoms with Crippen LogP contribution in [-0.4, -0.2) is 1.45 Å². The fourth-order valence-electron chi connectivity index (χ4n) is 2.02. The van der Waals surface area contributed by atoms with Crippen molar-refractivity contribution >= 4 is 11.4 Å². The minimum absolute atomic E-state index is 0.0872. The molecule has 0 bridgehead atoms. The van der Waals surface area contributed by atoms with Crippen LogP contribution < -0.4 is 11.5 Å². The van der Waals surface area contributed by atoms with Crippen LogP contribution in [0.1, 0.15) is 19.9 Å². The van der Waals surface area contributed by atoms with Crippen LogP contribution in [0.25, 0.3) is 11.1 Å². The van der Waals surface area contributed by atoms with Crippen LogP contribution in [0.2, 0.25) is 0 Å². The summed E-state index contributed by atoms with van der Waals surface area (Å²) in [7, 11) is 1.25. The molecule has 0 saturated carbocycles. The van der Waals surface area contributed by atoms with Gasteiger partial charge in [0.2, 0.25) is 0 Å². The van der Waals surface area contributed by atoms with E-state index in [0.717, 1.165) is 6.07 Å². The highest BCUT2D eigenvalue weighted by molar-refractivity contribution is 5.74. The maximum Gasteiger partial charge on any atom is 0.417 e. The van der Waals surface area contributed by atoms with E-state index in [0.29, 0.717) is 16.8 Å². The van der Waals surface area contributed by atoms with Gasteiger partial charge in [0.25, 0.3) is 1.45 Å². The minimum Gasteiger partial charge on any atom is -0.399 e. The van der Waals surface area contributed by atoms with E-state index >= 15 is 0 Å². The molecule has 4 N–H and O–H groups in total. The number of rotatable bonds is 1. The fourth-order valence-corrected chi connectivity index (χ4v) is 2.02. The van der Waals surface area contributed by atoms with Crippen LogP contribution >= 0.6 is 0 Å². The summed E-state index contributed by atoms with van der Waals surface area (Å²) in [6.07, 6.45) is -4.45. The van der Waals surface area contributed by atoms with Crippen LogP contribution in [0.3, 0.4) is 0 Å². The van der Waals surface area contributed by atoms with E-state index in [9.17, 15) is 13.2 Å². The minimum atomic E-state index is -4.45. The van der Waals surface area contributed by atoms with Gasteiger partial charge in [-0.3, -0.25) is 4.72 Å². The van der Waals surface area contributed by atoms with E-state index in [4.69, 9.17) is 17.6 Å². The molecule has 116 valence electrons. The van der Waals surface area contributed by atoms with E-state index in [-0.39, 0.29) is 11.3 Å². The highest BCUT2D eigenvalue weighted by atomic mass is 19.4. The number of aryl methyl sites for hydroxylation is 1. The number of anilines is 2. The highest BCUT2D eigenvalue weighted by Crippen LogP contribution is 2.39. The van der Waals surface area contributed by atoms with Gasteiger partial charge in [0.15, 0.2) is 0 Å². The summed E-state index contributed by atoms with van der Waals surface area (Å²) < 4.78 is 57.9. The monoisotopic (exact) mass is 305 g/mol. The van der Waals surface area contributed by atoms with Gasteiger partial charge in [-0.1, -0.05) is 19.5 Å². The average Bonchev–Trinajstić information content (AvgIpc) is 2.51. The number of hydrogen-bond acceptors (Lipinski definition) is 2. The first-order chi connectivity index (χ1) is 10.8. The number of nitrogen functional groups attached to an aromatic ring is 2. The summed E-state index contributed by atoms with van der Waals surface area (Å²) in [5.41, 5.74) is 12.2. The molecule has 2 aromatic carbocycles. The second-order valence-corrected chi connectivity index (χ2v) is 4.38. The van der Waals surface area contributed by atoms with Crippen molar-refractivity contribution in [2.24, 2.45) is 0 Å². The van der Waals surface area contributed by atoms with Crippen LogP contribution in [0, 0.1) is 6.92 Å². The molecule has 0 amide bonds. The van der Waals surface area contributed by atoms with Crippen LogP contribution in [0.5, 0.6) is 0 Å². The van der Waals surface area contributed by atoms with Crippen molar-refractivity contribution in [1.82, 2.24) is 0 Å². The van der Waals surface area contributed by atoms with Gasteiger partial charge in [0.05, 0.1) is 5.56 Å². The Morgan fingerprint density at radius 2 is 1.52 bits per heavy atom. The van der Waals surface area contributed by atoms with Gasteiger partial charge >= 0.3 is 6.18 Å². The van der Waals surface area contributed by atoms with E-state index in [1.165, 1.54) is 19.5 Å². The van der Waals surface area contributed by atoms with Crippen LogP contribution in [-0.2, 0) is 6.18 Å². The lowest BCUT2D eigenvalue weighted by Crippen LogP contribution is -2.08. The lowest BCUT2D eigenvalue weighted by Gasteiger charge is -2.15. The first-order valence-electron chi connectivity index (χ1n) is 7.00. The zero-order chi connectivity index (χ0) is 18.2. The summed E-state index contributed by atoms with van der Waals surface area (Å²) in [6, 6.07) is 8.61. The van der Waals surface area contributed by atoms with E-state index in [1.807, 2.05) is 0 Å². The average molecular weight is 305 g/mol. The summed E-state index contributed by atoms with van der Waals surface area (Å²) in [4.78, 5) is 0. The summed E-state index contributed by atoms with van der Waals surface area (Å²) in [5, 5.41) is 0. The molecule has 0 aliphatic rings. The van der Waals surface area contributed by atoms with Crippen molar-refractivity contribution in [3.63, 3.8) is 0 Å². The van der Waals surface area contributed by atoms with Gasteiger partial charge in [-0.15, -0.1) is 0 Å². The molecule has 0 radical (unpaired) electrons. The molecule has 0 aromatic heterocycles. The van der Waals surface area contributed by atoms with Crippen LogP contribution in [0.4, 0.5) is 29.3 Å². The highest BCUT2D eigenvalue weighted by Gasteiger charge is 2.34. The number of nitrogens with two attached hydrogens (primary N) is 2. The maximum absolute atomic E-state index is 13.0. The lowest BCUT2D eigenvalue weighted by atomic mass is 9.95. The van der Waals surface area contributed by atoms with Crippen molar-refractivity contribution in [2.75, 3.05) is 11.5 Å². The Morgan fingerprint density at radius 1 is 1.05 bits per heavy atom. The van der Waals surface area contributed by atoms with Gasteiger partial charge in [-0.05, 0) is 47.9 Å². The topological polar surface area (TPSA) is 52.0 Å². The Hall–Kier alpha value is -2.24. The van der Waals surface area contributed by atoms with Gasteiger partial charge in [0.1, 0.15) is 0 Å². The Bertz CT molecular complexity index is 631. The van der Waals surface area contributed by atoms with Crippen molar-refractivity contribution < 1.29 is 19.3 Å². The third-order valence-electron chi connectivity index (χ3n) is 2.89. The Kier molecular flexibility index (Phi) is 4.67. The third kappa shape index (κ3) is 3.87. The van der Waals surface area contributed by atoms with Crippen molar-refractivity contribution in [1.29, 1.82) is 1.45 Å². The molecule has 0 spiro atoms. The molecule has 21 heavy (non-hydrogen) atoms. The Labute approximate surface area is 123 Å². The van der Waals surface area contributed by atoms with Gasteiger partial charge in [-0.2, -0.15) is 13.2 Å². The van der Waals surface area contributed by atoms with Crippen LogP contribution in [0.15, 0.2) is 36.4 Å². The largest absolute Gasteiger partial charge is 0.417 e. The van der Waals surface area contributed by atoms with Crippen molar-refractivity contribution in [2.45, 2.75) is 20.5 Å². The molecule has 0 unspecified atom stereocenters. The molecule has 2 aromatic rings. The van der Waals surface area contributed by atoms with E-state index < -0.39 is 11.7 Å². The molecule has 0 aliphatic carbocycles. The second kappa shape index (κ2) is 6.47. The number of benzene rings is 2. The van der Waals surface area contributed by atoms with Gasteiger partial charge in [-0.25, -0.2) is 0 Å². The maximum atomic E-state index is 13.0. The molecular formula is C15H18F4N2. The first kappa shape index (κ1) is 15.2. The molecule has 0 saturated heterocycles. The smallest absolute Gasteiger partial charge is 0.399 e. The van der Waals surface area contributed by atoms with Crippen molar-refractivity contribution in [3.8, 4) is 11.1 Å². The van der Waals surface area contributed by atoms with Gasteiger partial charge < -0.3 is 11.5 Å². The molecule has 0 aliphatic heterocycles. The predicted molar refractivity (Wildman–Crippen MR) is 79.7 cm³/mol. The molecule has 0 fully saturated rings. The molecule has 0 atom stereocenters. The zero-order valence-electron chi connectivity index (χ0n) is 13.6. The Balaban J connectivity index is 0.00000112. The van der Waals surface area contributed by atoms with Gasteiger partial charge in [0, 0.05) is 12.7 Å². The predicted octanol–water partition coefficient (Wildman–Crippen LogP) is 4.63. The van der Waals surface area contributed by atoms with E-state index in [2.05, 4.69) is 1.45 Å². The number of halogens is 4. The fraction of sp³-hybridized carbons (Fsp3) is 0.200. The molecule has 2 rings (SSSR count). The Morgan fingerprint density at radius 3 is 2.00 bits per heavy atom. The molecule has 0 heterocycles. The lowest BCUT2D eigenvalue weighted by molar-refractivity contribution is -0.137. The summed E-state index contributed by atoms with van der Waals surface area (Å²) >= 11 is 0. The quantitative estimate of drug-likeness (QED) is 0.596.